The first-order valence-corrected chi connectivity index (χ1v) is 4.99. The number of thiophene rings is 1. The van der Waals surface area contributed by atoms with E-state index in [0.717, 1.165) is 10.9 Å². The third-order valence-electron chi connectivity index (χ3n) is 2.12. The van der Waals surface area contributed by atoms with Crippen molar-refractivity contribution in [3.8, 4) is 5.75 Å². The highest BCUT2D eigenvalue weighted by molar-refractivity contribution is 7.17. The van der Waals surface area contributed by atoms with E-state index in [1.54, 1.807) is 17.5 Å². The Morgan fingerprint density at radius 2 is 2.29 bits per heavy atom. The van der Waals surface area contributed by atoms with Crippen LogP contribution in [0.2, 0.25) is 0 Å². The fraction of sp³-hybridized carbons (Fsp3) is 0.200. The molecule has 0 atom stereocenters. The van der Waals surface area contributed by atoms with Crippen molar-refractivity contribution in [3.63, 3.8) is 0 Å². The number of methoxy groups -OCH3 is 1. The molecule has 14 heavy (non-hydrogen) atoms. The topological polar surface area (TPSA) is 29.5 Å². The first kappa shape index (κ1) is 9.43. The summed E-state index contributed by atoms with van der Waals surface area (Å²) in [5.41, 5.74) is 0.756. The van der Waals surface area contributed by atoms with Gasteiger partial charge in [-0.2, -0.15) is 0 Å². The zero-order chi connectivity index (χ0) is 10.1. The molecule has 0 bridgehead atoms. The van der Waals surface area contributed by atoms with E-state index in [1.165, 1.54) is 18.4 Å². The van der Waals surface area contributed by atoms with E-state index in [1.807, 2.05) is 0 Å². The van der Waals surface area contributed by atoms with Crippen molar-refractivity contribution in [1.82, 2.24) is 0 Å². The van der Waals surface area contributed by atoms with Gasteiger partial charge in [0.2, 0.25) is 0 Å². The lowest BCUT2D eigenvalue weighted by Gasteiger charge is -2.02. The summed E-state index contributed by atoms with van der Waals surface area (Å²) in [7, 11) is 1.44. The lowest BCUT2D eigenvalue weighted by molar-refractivity contribution is 0.284. The van der Waals surface area contributed by atoms with Crippen LogP contribution in [-0.4, -0.2) is 12.2 Å². The predicted octanol–water partition coefficient (Wildman–Crippen LogP) is 2.54. The molecule has 2 nitrogen and oxygen atoms in total. The van der Waals surface area contributed by atoms with E-state index < -0.39 is 0 Å². The van der Waals surface area contributed by atoms with Crippen molar-refractivity contribution in [2.24, 2.45) is 0 Å². The van der Waals surface area contributed by atoms with E-state index >= 15 is 0 Å². The lowest BCUT2D eigenvalue weighted by Crippen LogP contribution is -1.88. The van der Waals surface area contributed by atoms with E-state index in [2.05, 4.69) is 0 Å². The number of hydrogen-bond acceptors (Lipinski definition) is 3. The minimum Gasteiger partial charge on any atom is -0.494 e. The van der Waals surface area contributed by atoms with Gasteiger partial charge in [0.05, 0.1) is 18.4 Å². The highest BCUT2D eigenvalue weighted by Crippen LogP contribution is 2.33. The highest BCUT2D eigenvalue weighted by atomic mass is 32.1. The van der Waals surface area contributed by atoms with Crippen molar-refractivity contribution in [1.29, 1.82) is 0 Å². The Kier molecular flexibility index (Phi) is 2.39. The molecule has 0 radical (unpaired) electrons. The Bertz CT molecular complexity index is 464. The summed E-state index contributed by atoms with van der Waals surface area (Å²) in [5.74, 6) is -0.112. The Morgan fingerprint density at radius 3 is 2.93 bits per heavy atom. The monoisotopic (exact) mass is 212 g/mol. The molecule has 2 rings (SSSR count). The summed E-state index contributed by atoms with van der Waals surface area (Å²) in [4.78, 5) is 0. The first-order chi connectivity index (χ1) is 6.77. The van der Waals surface area contributed by atoms with Gasteiger partial charge in [0.15, 0.2) is 11.6 Å². The molecule has 0 saturated heterocycles. The maximum atomic E-state index is 13.6. The van der Waals surface area contributed by atoms with Crippen molar-refractivity contribution in [2.75, 3.05) is 7.11 Å². The molecule has 0 spiro atoms. The molecule has 1 N–H and O–H groups in total. The van der Waals surface area contributed by atoms with Crippen molar-refractivity contribution in [3.05, 3.63) is 28.9 Å². The fourth-order valence-corrected chi connectivity index (χ4v) is 2.37. The Hall–Kier alpha value is -1.13. The zero-order valence-electron chi connectivity index (χ0n) is 7.58. The second kappa shape index (κ2) is 3.55. The summed E-state index contributed by atoms with van der Waals surface area (Å²) in [6, 6.07) is 3.34. The number of rotatable bonds is 2. The minimum atomic E-state index is -0.352. The Balaban J connectivity index is 2.72. The van der Waals surface area contributed by atoms with Crippen LogP contribution in [0, 0.1) is 5.82 Å². The summed E-state index contributed by atoms with van der Waals surface area (Å²) < 4.78 is 19.0. The molecule has 0 aliphatic carbocycles. The van der Waals surface area contributed by atoms with E-state index in [-0.39, 0.29) is 18.2 Å². The molecule has 74 valence electrons. The minimum absolute atomic E-state index is 0.0637. The van der Waals surface area contributed by atoms with Gasteiger partial charge in [-0.3, -0.25) is 0 Å². The molecular formula is C10H9FO2S. The molecule has 1 aromatic heterocycles. The number of hydrogen-bond donors (Lipinski definition) is 1. The van der Waals surface area contributed by atoms with Crippen LogP contribution in [0.25, 0.3) is 10.1 Å². The Morgan fingerprint density at radius 1 is 1.50 bits per heavy atom. The highest BCUT2D eigenvalue weighted by Gasteiger charge is 2.11. The van der Waals surface area contributed by atoms with Crippen LogP contribution in [0.1, 0.15) is 5.56 Å². The molecular weight excluding hydrogens is 203 g/mol. The van der Waals surface area contributed by atoms with Gasteiger partial charge in [0.25, 0.3) is 0 Å². The van der Waals surface area contributed by atoms with E-state index in [9.17, 15) is 4.39 Å². The molecule has 0 saturated carbocycles. The van der Waals surface area contributed by atoms with Gasteiger partial charge < -0.3 is 9.84 Å². The standard InChI is InChI=1S/C10H9FO2S/c1-13-8-3-2-7-6(4-12)5-14-10(7)9(8)11/h2-3,5,12H,4H2,1H3. The quantitative estimate of drug-likeness (QED) is 0.829. The number of fused-ring (bicyclic) bond motifs is 1. The third-order valence-corrected chi connectivity index (χ3v) is 3.15. The number of halogens is 1. The molecule has 0 aliphatic rings. The number of ether oxygens (including phenoxy) is 1. The van der Waals surface area contributed by atoms with Gasteiger partial charge in [0, 0.05) is 5.39 Å². The smallest absolute Gasteiger partial charge is 0.182 e. The van der Waals surface area contributed by atoms with Crippen LogP contribution >= 0.6 is 11.3 Å². The first-order valence-electron chi connectivity index (χ1n) is 4.11. The second-order valence-electron chi connectivity index (χ2n) is 2.88. The second-order valence-corrected chi connectivity index (χ2v) is 3.76. The van der Waals surface area contributed by atoms with Crippen molar-refractivity contribution in [2.45, 2.75) is 6.61 Å². The zero-order valence-corrected chi connectivity index (χ0v) is 8.40. The van der Waals surface area contributed by atoms with Gasteiger partial charge >= 0.3 is 0 Å². The molecule has 0 unspecified atom stereocenters. The number of benzene rings is 1. The maximum absolute atomic E-state index is 13.6. The SMILES string of the molecule is COc1ccc2c(CO)csc2c1F. The van der Waals surface area contributed by atoms with Crippen molar-refractivity contribution < 1.29 is 14.2 Å². The molecule has 1 heterocycles. The number of aliphatic hydroxyl groups is 1. The van der Waals surface area contributed by atoms with Crippen LogP contribution < -0.4 is 4.74 Å². The molecule has 0 amide bonds. The summed E-state index contributed by atoms with van der Waals surface area (Å²) in [6.45, 7) is -0.0637. The van der Waals surface area contributed by atoms with Crippen LogP contribution in [-0.2, 0) is 6.61 Å². The lowest BCUT2D eigenvalue weighted by atomic mass is 10.2. The van der Waals surface area contributed by atoms with Gasteiger partial charge in [-0.1, -0.05) is 0 Å². The van der Waals surface area contributed by atoms with Crippen LogP contribution in [0.15, 0.2) is 17.5 Å². The summed E-state index contributed by atoms with van der Waals surface area (Å²) >= 11 is 1.28. The summed E-state index contributed by atoms with van der Waals surface area (Å²) in [5, 5.41) is 11.5. The largest absolute Gasteiger partial charge is 0.494 e. The molecule has 2 aromatic rings. The Labute approximate surface area is 84.6 Å². The van der Waals surface area contributed by atoms with Gasteiger partial charge in [-0.25, -0.2) is 4.39 Å². The van der Waals surface area contributed by atoms with Gasteiger partial charge in [-0.15, -0.1) is 11.3 Å². The van der Waals surface area contributed by atoms with Crippen molar-refractivity contribution >= 4 is 21.4 Å². The van der Waals surface area contributed by atoms with Crippen LogP contribution in [0.5, 0.6) is 5.75 Å². The van der Waals surface area contributed by atoms with Crippen LogP contribution in [0.3, 0.4) is 0 Å². The predicted molar refractivity (Wildman–Crippen MR) is 54.3 cm³/mol. The third kappa shape index (κ3) is 1.27. The average Bonchev–Trinajstić information content (AvgIpc) is 2.62. The molecule has 0 fully saturated rings. The normalized spacial score (nSPS) is 10.8. The van der Waals surface area contributed by atoms with E-state index in [4.69, 9.17) is 9.84 Å². The van der Waals surface area contributed by atoms with Gasteiger partial charge in [0.1, 0.15) is 0 Å². The fourth-order valence-electron chi connectivity index (χ4n) is 1.38. The average molecular weight is 212 g/mol. The number of aliphatic hydroxyl groups excluding tert-OH is 1. The molecule has 1 aromatic carbocycles. The van der Waals surface area contributed by atoms with Crippen LogP contribution in [0.4, 0.5) is 4.39 Å². The molecule has 0 aliphatic heterocycles. The van der Waals surface area contributed by atoms with E-state index in [0.29, 0.717) is 4.70 Å². The molecule has 4 heteroatoms. The summed E-state index contributed by atoms with van der Waals surface area (Å²) in [6.07, 6.45) is 0. The van der Waals surface area contributed by atoms with Gasteiger partial charge in [-0.05, 0) is 23.1 Å². The maximum Gasteiger partial charge on any atom is 0.182 e.